The van der Waals surface area contributed by atoms with Crippen molar-refractivity contribution in [3.8, 4) is 0 Å². The number of carbonyl (C=O) groups excluding carboxylic acids is 1. The third-order valence-corrected chi connectivity index (χ3v) is 5.08. The van der Waals surface area contributed by atoms with Crippen LogP contribution in [0.4, 0.5) is 23.0 Å². The zero-order chi connectivity index (χ0) is 23.2. The molecule has 4 aromatic rings. The molecule has 4 rings (SSSR count). The summed E-state index contributed by atoms with van der Waals surface area (Å²) >= 11 is 0. The molecule has 7 heteroatoms. The van der Waals surface area contributed by atoms with Gasteiger partial charge in [0.1, 0.15) is 0 Å². The number of hydrogen-bond acceptors (Lipinski definition) is 6. The highest BCUT2D eigenvalue weighted by Gasteiger charge is 2.18. The van der Waals surface area contributed by atoms with Gasteiger partial charge in [0.2, 0.25) is 5.95 Å². The van der Waals surface area contributed by atoms with Gasteiger partial charge < -0.3 is 10.2 Å². The lowest BCUT2D eigenvalue weighted by Gasteiger charge is -2.24. The van der Waals surface area contributed by atoms with Crippen molar-refractivity contribution in [1.29, 1.82) is 0 Å². The first-order chi connectivity index (χ1) is 16.0. The molecule has 0 atom stereocenters. The van der Waals surface area contributed by atoms with Crippen molar-refractivity contribution in [3.63, 3.8) is 0 Å². The number of aromatic nitrogens is 3. The standard InChI is InChI=1S/C26H26N6O/c1-19-7-12-22(30-25(33)21-10-8-20(9-11-21)18-31(2)3)16-24(19)32(23-6-4-13-27-17-23)26-28-14-5-15-29-26/h4-17H,18H2,1-3H3,(H,30,33). The van der Waals surface area contributed by atoms with Gasteiger partial charge in [0.15, 0.2) is 0 Å². The molecule has 0 saturated carbocycles. The summed E-state index contributed by atoms with van der Waals surface area (Å²) in [6.07, 6.45) is 6.89. The van der Waals surface area contributed by atoms with E-state index in [-0.39, 0.29) is 5.91 Å². The van der Waals surface area contributed by atoms with Crippen LogP contribution in [0.15, 0.2) is 85.5 Å². The molecule has 0 bridgehead atoms. The van der Waals surface area contributed by atoms with Crippen molar-refractivity contribution in [2.75, 3.05) is 24.3 Å². The van der Waals surface area contributed by atoms with Crippen molar-refractivity contribution < 1.29 is 4.79 Å². The Morgan fingerprint density at radius 2 is 1.70 bits per heavy atom. The van der Waals surface area contributed by atoms with Crippen LogP contribution in [0.3, 0.4) is 0 Å². The fourth-order valence-electron chi connectivity index (χ4n) is 3.51. The maximum atomic E-state index is 12.9. The smallest absolute Gasteiger partial charge is 0.255 e. The number of hydrogen-bond donors (Lipinski definition) is 1. The van der Waals surface area contributed by atoms with Gasteiger partial charge in [-0.2, -0.15) is 0 Å². The minimum atomic E-state index is -0.162. The summed E-state index contributed by atoms with van der Waals surface area (Å²) in [6, 6.07) is 19.0. The van der Waals surface area contributed by atoms with Gasteiger partial charge >= 0.3 is 0 Å². The van der Waals surface area contributed by atoms with E-state index in [2.05, 4.69) is 25.2 Å². The van der Waals surface area contributed by atoms with E-state index in [9.17, 15) is 4.79 Å². The average molecular weight is 439 g/mol. The third kappa shape index (κ3) is 5.39. The molecule has 0 fully saturated rings. The number of pyridine rings is 1. The minimum Gasteiger partial charge on any atom is -0.322 e. The lowest BCUT2D eigenvalue weighted by atomic mass is 10.1. The van der Waals surface area contributed by atoms with Crippen LogP contribution in [0.25, 0.3) is 0 Å². The first-order valence-electron chi connectivity index (χ1n) is 10.6. The molecule has 7 nitrogen and oxygen atoms in total. The Morgan fingerprint density at radius 3 is 2.36 bits per heavy atom. The van der Waals surface area contributed by atoms with Gasteiger partial charge in [0, 0.05) is 36.4 Å². The predicted octanol–water partition coefficient (Wildman–Crippen LogP) is 4.96. The normalized spacial score (nSPS) is 10.8. The largest absolute Gasteiger partial charge is 0.322 e. The average Bonchev–Trinajstić information content (AvgIpc) is 2.83. The SMILES string of the molecule is Cc1ccc(NC(=O)c2ccc(CN(C)C)cc2)cc1N(c1cccnc1)c1ncccn1. The van der Waals surface area contributed by atoms with Crippen LogP contribution in [0.1, 0.15) is 21.5 Å². The predicted molar refractivity (Wildman–Crippen MR) is 131 cm³/mol. The van der Waals surface area contributed by atoms with Crippen LogP contribution in [-0.4, -0.2) is 39.9 Å². The summed E-state index contributed by atoms with van der Waals surface area (Å²) in [7, 11) is 4.04. The molecule has 0 aliphatic rings. The maximum absolute atomic E-state index is 12.9. The number of nitrogens with one attached hydrogen (secondary N) is 1. The Kier molecular flexibility index (Phi) is 6.71. The molecule has 0 radical (unpaired) electrons. The molecule has 1 amide bonds. The van der Waals surface area contributed by atoms with Gasteiger partial charge in [-0.15, -0.1) is 0 Å². The van der Waals surface area contributed by atoms with Gasteiger partial charge in [0.25, 0.3) is 5.91 Å². The van der Waals surface area contributed by atoms with Gasteiger partial charge in [-0.25, -0.2) is 9.97 Å². The molecule has 0 spiro atoms. The Bertz CT molecular complexity index is 1170. The van der Waals surface area contributed by atoms with Gasteiger partial charge in [-0.3, -0.25) is 14.7 Å². The van der Waals surface area contributed by atoms with Crippen molar-refractivity contribution in [1.82, 2.24) is 19.9 Å². The number of anilines is 4. The molecule has 33 heavy (non-hydrogen) atoms. The molecule has 0 aliphatic heterocycles. The fraction of sp³-hybridized carbons (Fsp3) is 0.154. The highest BCUT2D eigenvalue weighted by molar-refractivity contribution is 6.04. The van der Waals surface area contributed by atoms with E-state index in [4.69, 9.17) is 0 Å². The Morgan fingerprint density at radius 1 is 0.939 bits per heavy atom. The van der Waals surface area contributed by atoms with Crippen LogP contribution in [0.2, 0.25) is 0 Å². The molecule has 2 heterocycles. The van der Waals surface area contributed by atoms with E-state index in [0.717, 1.165) is 29.0 Å². The van der Waals surface area contributed by atoms with Crippen LogP contribution in [0.5, 0.6) is 0 Å². The molecule has 0 saturated heterocycles. The third-order valence-electron chi connectivity index (χ3n) is 5.08. The fourth-order valence-corrected chi connectivity index (χ4v) is 3.51. The number of amides is 1. The second-order valence-corrected chi connectivity index (χ2v) is 7.99. The molecule has 166 valence electrons. The Balaban J connectivity index is 1.63. The first-order valence-corrected chi connectivity index (χ1v) is 10.6. The summed E-state index contributed by atoms with van der Waals surface area (Å²) in [5.41, 5.74) is 5.14. The molecule has 1 N–H and O–H groups in total. The van der Waals surface area contributed by atoms with Gasteiger partial charge in [-0.05, 0) is 74.6 Å². The van der Waals surface area contributed by atoms with E-state index in [1.54, 1.807) is 30.9 Å². The molecule has 2 aromatic heterocycles. The molecular formula is C26H26N6O. The summed E-state index contributed by atoms with van der Waals surface area (Å²) < 4.78 is 0. The molecule has 0 aliphatic carbocycles. The second-order valence-electron chi connectivity index (χ2n) is 7.99. The topological polar surface area (TPSA) is 74.2 Å². The zero-order valence-electron chi connectivity index (χ0n) is 18.9. The summed E-state index contributed by atoms with van der Waals surface area (Å²) in [5.74, 6) is 0.360. The summed E-state index contributed by atoms with van der Waals surface area (Å²) in [4.78, 5) is 30.0. The molecule has 2 aromatic carbocycles. The van der Waals surface area contributed by atoms with E-state index in [1.807, 2.05) is 80.5 Å². The van der Waals surface area contributed by atoms with Crippen molar-refractivity contribution >= 4 is 28.9 Å². The van der Waals surface area contributed by atoms with E-state index < -0.39 is 0 Å². The number of aryl methyl sites for hydroxylation is 1. The van der Waals surface area contributed by atoms with Crippen LogP contribution >= 0.6 is 0 Å². The van der Waals surface area contributed by atoms with Crippen LogP contribution < -0.4 is 10.2 Å². The maximum Gasteiger partial charge on any atom is 0.255 e. The first kappa shape index (κ1) is 22.1. The molecule has 0 unspecified atom stereocenters. The highest BCUT2D eigenvalue weighted by Crippen LogP contribution is 2.35. The minimum absolute atomic E-state index is 0.162. The van der Waals surface area contributed by atoms with E-state index in [0.29, 0.717) is 17.2 Å². The quantitative estimate of drug-likeness (QED) is 0.439. The van der Waals surface area contributed by atoms with Crippen molar-refractivity contribution in [2.45, 2.75) is 13.5 Å². The Hall–Kier alpha value is -4.10. The van der Waals surface area contributed by atoms with Gasteiger partial charge in [0.05, 0.1) is 17.6 Å². The lowest BCUT2D eigenvalue weighted by Crippen LogP contribution is -2.16. The molecular weight excluding hydrogens is 412 g/mol. The number of carbonyl (C=O) groups is 1. The summed E-state index contributed by atoms with van der Waals surface area (Å²) in [5, 5.41) is 3.01. The number of benzene rings is 2. The zero-order valence-corrected chi connectivity index (χ0v) is 18.9. The number of nitrogens with zero attached hydrogens (tertiary/aromatic N) is 5. The monoisotopic (exact) mass is 438 g/mol. The Labute approximate surface area is 193 Å². The second kappa shape index (κ2) is 10.0. The van der Waals surface area contributed by atoms with Crippen LogP contribution in [-0.2, 0) is 6.54 Å². The van der Waals surface area contributed by atoms with Crippen LogP contribution in [0, 0.1) is 6.92 Å². The highest BCUT2D eigenvalue weighted by atomic mass is 16.1. The van der Waals surface area contributed by atoms with E-state index >= 15 is 0 Å². The van der Waals surface area contributed by atoms with Crippen molar-refractivity contribution in [3.05, 3.63) is 102 Å². The number of rotatable bonds is 7. The van der Waals surface area contributed by atoms with Gasteiger partial charge in [-0.1, -0.05) is 18.2 Å². The van der Waals surface area contributed by atoms with Crippen molar-refractivity contribution in [2.24, 2.45) is 0 Å². The van der Waals surface area contributed by atoms with E-state index in [1.165, 1.54) is 0 Å². The summed E-state index contributed by atoms with van der Waals surface area (Å²) in [6.45, 7) is 2.84. The lowest BCUT2D eigenvalue weighted by molar-refractivity contribution is 0.102.